The monoisotopic (exact) mass is 196 g/mol. The van der Waals surface area contributed by atoms with Gasteiger partial charge in [-0.3, -0.25) is 9.59 Å². The van der Waals surface area contributed by atoms with Gasteiger partial charge >= 0.3 is 0 Å². The maximum Gasteiger partial charge on any atom is 0.270 e. The van der Waals surface area contributed by atoms with Crippen LogP contribution in [0, 0.1) is 0 Å². The normalized spacial score (nSPS) is 21.9. The van der Waals surface area contributed by atoms with E-state index < -0.39 is 0 Å². The summed E-state index contributed by atoms with van der Waals surface area (Å²) in [5.41, 5.74) is 2.61. The summed E-state index contributed by atoms with van der Waals surface area (Å²) < 4.78 is 0. The maximum atomic E-state index is 11.7. The smallest absolute Gasteiger partial charge is 0.270 e. The van der Waals surface area contributed by atoms with E-state index in [0.29, 0.717) is 18.8 Å². The fourth-order valence-corrected chi connectivity index (χ4v) is 1.53. The van der Waals surface area contributed by atoms with Gasteiger partial charge in [0.1, 0.15) is 5.71 Å². The number of amides is 2. The molecule has 2 rings (SSSR count). The molecule has 0 aromatic carbocycles. The van der Waals surface area contributed by atoms with Gasteiger partial charge in [-0.1, -0.05) is 0 Å². The highest BCUT2D eigenvalue weighted by molar-refractivity contribution is 6.43. The highest BCUT2D eigenvalue weighted by Crippen LogP contribution is 2.02. The number of hydrogen-bond donors (Lipinski definition) is 2. The molecule has 6 heteroatoms. The van der Waals surface area contributed by atoms with Crippen LogP contribution in [-0.2, 0) is 9.59 Å². The quantitative estimate of drug-likeness (QED) is 0.524. The molecule has 0 spiro atoms. The maximum absolute atomic E-state index is 11.7. The van der Waals surface area contributed by atoms with Gasteiger partial charge in [-0.15, -0.1) is 0 Å². The van der Waals surface area contributed by atoms with Gasteiger partial charge in [-0.25, -0.2) is 5.43 Å². The molecule has 76 valence electrons. The third-order valence-electron chi connectivity index (χ3n) is 2.29. The molecule has 0 radical (unpaired) electrons. The molecule has 0 bridgehead atoms. The highest BCUT2D eigenvalue weighted by atomic mass is 16.2. The van der Waals surface area contributed by atoms with E-state index in [2.05, 4.69) is 15.8 Å². The standard InChI is InChI=1S/C8H12N4O2/c13-7-5-6(10-11-7)8(14)12-3-1-9-2-4-12/h9H,1-5H2,(H,11,13). The molecule has 2 aliphatic heterocycles. The van der Waals surface area contributed by atoms with Crippen LogP contribution < -0.4 is 10.7 Å². The lowest BCUT2D eigenvalue weighted by molar-refractivity contribution is -0.125. The molecule has 0 aromatic rings. The summed E-state index contributed by atoms with van der Waals surface area (Å²) in [5, 5.41) is 6.85. The molecule has 2 N–H and O–H groups in total. The van der Waals surface area contributed by atoms with Gasteiger partial charge in [0.15, 0.2) is 0 Å². The summed E-state index contributed by atoms with van der Waals surface area (Å²) in [4.78, 5) is 24.3. The predicted molar refractivity (Wildman–Crippen MR) is 49.6 cm³/mol. The van der Waals surface area contributed by atoms with E-state index in [9.17, 15) is 9.59 Å². The molecule has 14 heavy (non-hydrogen) atoms. The van der Waals surface area contributed by atoms with Crippen molar-refractivity contribution in [3.63, 3.8) is 0 Å². The minimum Gasteiger partial charge on any atom is -0.335 e. The van der Waals surface area contributed by atoms with Crippen LogP contribution in [0.2, 0.25) is 0 Å². The molecule has 1 fully saturated rings. The number of nitrogens with zero attached hydrogens (tertiary/aromatic N) is 2. The molecular formula is C8H12N4O2. The van der Waals surface area contributed by atoms with E-state index >= 15 is 0 Å². The zero-order chi connectivity index (χ0) is 9.97. The third kappa shape index (κ3) is 1.74. The summed E-state index contributed by atoms with van der Waals surface area (Å²) in [7, 11) is 0. The Morgan fingerprint density at radius 1 is 1.36 bits per heavy atom. The van der Waals surface area contributed by atoms with Crippen molar-refractivity contribution in [2.75, 3.05) is 26.2 Å². The molecule has 0 aromatic heterocycles. The molecule has 0 unspecified atom stereocenters. The van der Waals surface area contributed by atoms with Crippen LogP contribution >= 0.6 is 0 Å². The number of carbonyl (C=O) groups excluding carboxylic acids is 2. The van der Waals surface area contributed by atoms with Gasteiger partial charge in [0.25, 0.3) is 5.91 Å². The van der Waals surface area contributed by atoms with Gasteiger partial charge in [-0.2, -0.15) is 5.10 Å². The molecule has 0 saturated carbocycles. The lowest BCUT2D eigenvalue weighted by Gasteiger charge is -2.26. The summed E-state index contributed by atoms with van der Waals surface area (Å²) in [6.45, 7) is 2.98. The molecule has 2 aliphatic rings. The molecule has 2 amide bonds. The topological polar surface area (TPSA) is 73.8 Å². The average molecular weight is 196 g/mol. The van der Waals surface area contributed by atoms with E-state index in [1.165, 1.54) is 0 Å². The van der Waals surface area contributed by atoms with Gasteiger partial charge in [0, 0.05) is 26.2 Å². The van der Waals surface area contributed by atoms with Crippen molar-refractivity contribution in [1.29, 1.82) is 0 Å². The lowest BCUT2D eigenvalue weighted by Crippen LogP contribution is -2.48. The number of nitrogens with one attached hydrogen (secondary N) is 2. The summed E-state index contributed by atoms with van der Waals surface area (Å²) in [5.74, 6) is -0.326. The molecule has 0 atom stereocenters. The number of piperazine rings is 1. The number of hydrogen-bond acceptors (Lipinski definition) is 4. The average Bonchev–Trinajstić information content (AvgIpc) is 2.65. The van der Waals surface area contributed by atoms with E-state index in [4.69, 9.17) is 0 Å². The molecular weight excluding hydrogens is 184 g/mol. The zero-order valence-corrected chi connectivity index (χ0v) is 7.75. The van der Waals surface area contributed by atoms with Crippen molar-refractivity contribution < 1.29 is 9.59 Å². The Hall–Kier alpha value is -1.43. The summed E-state index contributed by atoms with van der Waals surface area (Å²) in [6.07, 6.45) is 0.114. The number of hydrazone groups is 1. The van der Waals surface area contributed by atoms with Crippen LogP contribution in [0.25, 0.3) is 0 Å². The Labute approximate surface area is 81.3 Å². The van der Waals surface area contributed by atoms with Crippen molar-refractivity contribution in [3.8, 4) is 0 Å². The second kappa shape index (κ2) is 3.75. The minimum atomic E-state index is -0.205. The van der Waals surface area contributed by atoms with Crippen molar-refractivity contribution in [3.05, 3.63) is 0 Å². The Balaban J connectivity index is 1.97. The van der Waals surface area contributed by atoms with Gasteiger partial charge < -0.3 is 10.2 Å². The summed E-state index contributed by atoms with van der Waals surface area (Å²) >= 11 is 0. The van der Waals surface area contributed by atoms with Crippen LogP contribution in [0.5, 0.6) is 0 Å². The molecule has 6 nitrogen and oxygen atoms in total. The fraction of sp³-hybridized carbons (Fsp3) is 0.625. The molecule has 0 aliphatic carbocycles. The lowest BCUT2D eigenvalue weighted by atomic mass is 10.2. The van der Waals surface area contributed by atoms with Gasteiger partial charge in [0.05, 0.1) is 6.42 Å². The van der Waals surface area contributed by atoms with Crippen LogP contribution in [-0.4, -0.2) is 48.6 Å². The van der Waals surface area contributed by atoms with E-state index in [0.717, 1.165) is 13.1 Å². The van der Waals surface area contributed by atoms with Crippen LogP contribution in [0.15, 0.2) is 5.10 Å². The third-order valence-corrected chi connectivity index (χ3v) is 2.29. The van der Waals surface area contributed by atoms with Crippen molar-refractivity contribution in [2.45, 2.75) is 6.42 Å². The van der Waals surface area contributed by atoms with E-state index in [1.54, 1.807) is 4.90 Å². The first kappa shape index (κ1) is 9.14. The van der Waals surface area contributed by atoms with E-state index in [-0.39, 0.29) is 18.2 Å². The van der Waals surface area contributed by atoms with Crippen molar-refractivity contribution in [2.24, 2.45) is 5.10 Å². The first-order chi connectivity index (χ1) is 6.77. The fourth-order valence-electron chi connectivity index (χ4n) is 1.53. The van der Waals surface area contributed by atoms with Crippen LogP contribution in [0.1, 0.15) is 6.42 Å². The van der Waals surface area contributed by atoms with E-state index in [1.807, 2.05) is 0 Å². The van der Waals surface area contributed by atoms with Gasteiger partial charge in [-0.05, 0) is 0 Å². The Bertz CT molecular complexity index is 294. The molecule has 1 saturated heterocycles. The second-order valence-corrected chi connectivity index (χ2v) is 3.31. The summed E-state index contributed by atoms with van der Waals surface area (Å²) in [6, 6.07) is 0. The van der Waals surface area contributed by atoms with Crippen molar-refractivity contribution in [1.82, 2.24) is 15.6 Å². The highest BCUT2D eigenvalue weighted by Gasteiger charge is 2.26. The van der Waals surface area contributed by atoms with Crippen molar-refractivity contribution >= 4 is 17.5 Å². The van der Waals surface area contributed by atoms with Crippen LogP contribution in [0.3, 0.4) is 0 Å². The number of carbonyl (C=O) groups is 2. The Morgan fingerprint density at radius 2 is 2.07 bits per heavy atom. The Kier molecular flexibility index (Phi) is 2.45. The Morgan fingerprint density at radius 3 is 2.64 bits per heavy atom. The first-order valence-corrected chi connectivity index (χ1v) is 4.63. The minimum absolute atomic E-state index is 0.114. The largest absolute Gasteiger partial charge is 0.335 e. The van der Waals surface area contributed by atoms with Gasteiger partial charge in [0.2, 0.25) is 5.91 Å². The second-order valence-electron chi connectivity index (χ2n) is 3.31. The number of rotatable bonds is 1. The van der Waals surface area contributed by atoms with Crippen LogP contribution in [0.4, 0.5) is 0 Å². The SMILES string of the molecule is O=C1CC(C(=O)N2CCNCC2)=NN1. The first-order valence-electron chi connectivity index (χ1n) is 4.63. The molecule has 2 heterocycles. The predicted octanol–water partition coefficient (Wildman–Crippen LogP) is -1.71. The zero-order valence-electron chi connectivity index (χ0n) is 7.75.